The fourth-order valence-electron chi connectivity index (χ4n) is 9.81. The van der Waals surface area contributed by atoms with E-state index in [1.807, 2.05) is 0 Å². The van der Waals surface area contributed by atoms with Crippen molar-refractivity contribution in [3.63, 3.8) is 0 Å². The predicted molar refractivity (Wildman–Crippen MR) is 205 cm³/mol. The Kier molecular flexibility index (Phi) is 7.47. The van der Waals surface area contributed by atoms with Crippen LogP contribution in [-0.4, -0.2) is 17.6 Å². The van der Waals surface area contributed by atoms with E-state index >= 15 is 0 Å². The molecule has 0 radical (unpaired) electrons. The lowest BCUT2D eigenvalue weighted by molar-refractivity contribution is 0.357. The lowest BCUT2D eigenvalue weighted by atomic mass is 9.72. The second kappa shape index (κ2) is 12.5. The van der Waals surface area contributed by atoms with Gasteiger partial charge in [0.1, 0.15) is 5.75 Å². The third-order valence-corrected chi connectivity index (χ3v) is 12.2. The molecule has 3 aromatic rings. The Balaban J connectivity index is 1.19. The molecule has 2 aromatic carbocycles. The molecule has 5 atom stereocenters. The maximum atomic E-state index is 6.23. The van der Waals surface area contributed by atoms with Gasteiger partial charge in [0.2, 0.25) is 0 Å². The largest absolute Gasteiger partial charge is 0.493 e. The Labute approximate surface area is 296 Å². The van der Waals surface area contributed by atoms with Crippen LogP contribution in [0.25, 0.3) is 16.8 Å². The minimum Gasteiger partial charge on any atom is -0.493 e. The third kappa shape index (κ3) is 4.96. The van der Waals surface area contributed by atoms with Gasteiger partial charge in [0, 0.05) is 46.3 Å². The van der Waals surface area contributed by atoms with E-state index in [0.717, 1.165) is 56.6 Å². The second-order valence-corrected chi connectivity index (χ2v) is 15.0. The summed E-state index contributed by atoms with van der Waals surface area (Å²) in [6.45, 7) is 0.734. The number of benzene rings is 2. The standard InChI is InChI=1S/C47H44N2O/c1-3-12-32(13-4-1)37-23-22-34(36-20-11-17-31-14-7-8-18-35(31)36)30-44(37)49-42-21-10-9-19-38(42)39-24-27-45-40(28-29-50-45)46(39)47-43(49)26-25-41(48-47)33-15-5-2-6-16-33/h1,3-5,8-13,15,17-19,21-27,33-34,36,38,42H,2,6-7,14,16,20,28-30H2. The second-order valence-electron chi connectivity index (χ2n) is 15.0. The van der Waals surface area contributed by atoms with Crippen LogP contribution in [0.15, 0.2) is 144 Å². The predicted octanol–water partition coefficient (Wildman–Crippen LogP) is 11.1. The zero-order valence-corrected chi connectivity index (χ0v) is 28.7. The minimum absolute atomic E-state index is 0.124. The molecule has 50 heavy (non-hydrogen) atoms. The summed E-state index contributed by atoms with van der Waals surface area (Å²) >= 11 is 0. The molecule has 0 bridgehead atoms. The van der Waals surface area contributed by atoms with Crippen molar-refractivity contribution in [3.8, 4) is 17.0 Å². The maximum absolute atomic E-state index is 6.23. The number of nitrogens with zero attached hydrogens (tertiary/aromatic N) is 2. The smallest absolute Gasteiger partial charge is 0.123 e. The molecule has 10 rings (SSSR count). The van der Waals surface area contributed by atoms with Crippen LogP contribution in [0.4, 0.5) is 5.69 Å². The van der Waals surface area contributed by atoms with E-state index in [0.29, 0.717) is 17.8 Å². The van der Waals surface area contributed by atoms with Crippen molar-refractivity contribution in [2.24, 2.45) is 11.8 Å². The van der Waals surface area contributed by atoms with Crippen LogP contribution < -0.4 is 9.64 Å². The summed E-state index contributed by atoms with van der Waals surface area (Å²) in [5.74, 6) is 2.46. The molecule has 0 amide bonds. The van der Waals surface area contributed by atoms with E-state index in [9.17, 15) is 0 Å². The first-order valence-electron chi connectivity index (χ1n) is 19.0. The van der Waals surface area contributed by atoms with Gasteiger partial charge >= 0.3 is 0 Å². The minimum atomic E-state index is 0.124. The molecule has 0 saturated carbocycles. The van der Waals surface area contributed by atoms with Crippen LogP contribution in [0.5, 0.6) is 5.75 Å². The molecule has 5 unspecified atom stereocenters. The van der Waals surface area contributed by atoms with Gasteiger partial charge in [-0.15, -0.1) is 0 Å². The van der Waals surface area contributed by atoms with E-state index in [1.165, 1.54) is 63.3 Å². The highest BCUT2D eigenvalue weighted by molar-refractivity contribution is 5.89. The fourth-order valence-corrected chi connectivity index (χ4v) is 9.81. The molecule has 0 spiro atoms. The molecule has 0 fully saturated rings. The lowest BCUT2D eigenvalue weighted by Gasteiger charge is -2.42. The van der Waals surface area contributed by atoms with Gasteiger partial charge in [0.15, 0.2) is 0 Å². The molecule has 0 saturated heterocycles. The highest BCUT2D eigenvalue weighted by atomic mass is 16.5. The molecular weight excluding hydrogens is 609 g/mol. The normalized spacial score (nSPS) is 27.4. The Morgan fingerprint density at radius 1 is 0.800 bits per heavy atom. The molecule has 2 aliphatic heterocycles. The average Bonchev–Trinajstić information content (AvgIpc) is 3.63. The summed E-state index contributed by atoms with van der Waals surface area (Å²) in [5, 5.41) is 0. The summed E-state index contributed by atoms with van der Waals surface area (Å²) in [4.78, 5) is 8.44. The first-order valence-corrected chi connectivity index (χ1v) is 19.0. The first kappa shape index (κ1) is 30.0. The highest BCUT2D eigenvalue weighted by Crippen LogP contribution is 2.53. The van der Waals surface area contributed by atoms with Crippen molar-refractivity contribution in [1.29, 1.82) is 0 Å². The van der Waals surface area contributed by atoms with Gasteiger partial charge in [-0.3, -0.25) is 0 Å². The number of allylic oxidation sites excluding steroid dienone is 14. The monoisotopic (exact) mass is 652 g/mol. The summed E-state index contributed by atoms with van der Waals surface area (Å²) in [5.41, 5.74) is 14.6. The van der Waals surface area contributed by atoms with Crippen LogP contribution >= 0.6 is 0 Å². The van der Waals surface area contributed by atoms with Crippen LogP contribution in [0, 0.1) is 11.8 Å². The zero-order chi connectivity index (χ0) is 33.0. The lowest BCUT2D eigenvalue weighted by Crippen LogP contribution is -2.39. The van der Waals surface area contributed by atoms with Crippen LogP contribution in [0.1, 0.15) is 79.2 Å². The Hall–Kier alpha value is -4.89. The van der Waals surface area contributed by atoms with Crippen molar-refractivity contribution in [2.75, 3.05) is 11.5 Å². The van der Waals surface area contributed by atoms with Gasteiger partial charge in [-0.05, 0) is 97.3 Å². The Morgan fingerprint density at radius 2 is 1.74 bits per heavy atom. The van der Waals surface area contributed by atoms with Gasteiger partial charge in [-0.1, -0.05) is 109 Å². The molecule has 248 valence electrons. The van der Waals surface area contributed by atoms with Gasteiger partial charge in [-0.2, -0.15) is 0 Å². The first-order chi connectivity index (χ1) is 24.8. The van der Waals surface area contributed by atoms with Crippen LogP contribution in [-0.2, 0) is 6.42 Å². The Morgan fingerprint density at radius 3 is 2.66 bits per heavy atom. The number of hydrogen-bond donors (Lipinski definition) is 0. The molecule has 3 heterocycles. The number of pyridine rings is 1. The number of hydrogen-bond acceptors (Lipinski definition) is 3. The average molecular weight is 653 g/mol. The van der Waals surface area contributed by atoms with Gasteiger partial charge in [0.05, 0.1) is 24.0 Å². The maximum Gasteiger partial charge on any atom is 0.123 e. The molecule has 5 aliphatic carbocycles. The summed E-state index contributed by atoms with van der Waals surface area (Å²) < 4.78 is 6.23. The van der Waals surface area contributed by atoms with Crippen molar-refractivity contribution >= 4 is 11.3 Å². The topological polar surface area (TPSA) is 25.4 Å². The summed E-state index contributed by atoms with van der Waals surface area (Å²) in [6.07, 6.45) is 37.6. The zero-order valence-electron chi connectivity index (χ0n) is 28.7. The molecular formula is C47H44N2O. The quantitative estimate of drug-likeness (QED) is 0.262. The Bertz CT molecular complexity index is 2100. The van der Waals surface area contributed by atoms with Crippen molar-refractivity contribution in [2.45, 2.75) is 69.2 Å². The van der Waals surface area contributed by atoms with E-state index in [1.54, 1.807) is 5.57 Å². The van der Waals surface area contributed by atoms with Gasteiger partial charge in [-0.25, -0.2) is 4.98 Å². The molecule has 0 N–H and O–H groups in total. The van der Waals surface area contributed by atoms with E-state index in [4.69, 9.17) is 9.72 Å². The number of rotatable bonds is 4. The van der Waals surface area contributed by atoms with Crippen molar-refractivity contribution < 1.29 is 4.74 Å². The van der Waals surface area contributed by atoms with E-state index < -0.39 is 0 Å². The number of ether oxygens (including phenoxy) is 1. The molecule has 7 aliphatic rings. The summed E-state index contributed by atoms with van der Waals surface area (Å²) in [7, 11) is 0. The molecule has 1 aromatic heterocycles. The van der Waals surface area contributed by atoms with Gasteiger partial charge < -0.3 is 9.64 Å². The highest BCUT2D eigenvalue weighted by Gasteiger charge is 2.41. The van der Waals surface area contributed by atoms with Crippen molar-refractivity contribution in [3.05, 3.63) is 167 Å². The summed E-state index contributed by atoms with van der Waals surface area (Å²) in [6, 6.07) is 20.5. The molecule has 3 nitrogen and oxygen atoms in total. The molecule has 3 heteroatoms. The third-order valence-electron chi connectivity index (χ3n) is 12.2. The van der Waals surface area contributed by atoms with Crippen LogP contribution in [0.2, 0.25) is 0 Å². The number of fused-ring (bicyclic) bond motifs is 7. The SMILES string of the molecule is C1=CC2c3ccc4c(c3-c3nc(C5C=CCCC5)ccc3N(C3=C(c5ccccc5)C=CC(C5CC=CC6=C5C=CCC6)C3)C2C=C1)CCO4. The van der Waals surface area contributed by atoms with E-state index in [-0.39, 0.29) is 12.0 Å². The number of aromatic nitrogens is 1. The number of anilines is 1. The van der Waals surface area contributed by atoms with Gasteiger partial charge in [0.25, 0.3) is 0 Å². The van der Waals surface area contributed by atoms with Crippen LogP contribution in [0.3, 0.4) is 0 Å². The van der Waals surface area contributed by atoms with E-state index in [2.05, 4.69) is 132 Å². The van der Waals surface area contributed by atoms with Crippen molar-refractivity contribution in [1.82, 2.24) is 4.98 Å². The fraction of sp³-hybridized carbons (Fsp3) is 0.298.